The van der Waals surface area contributed by atoms with Gasteiger partial charge in [-0.05, 0) is 40.0 Å². The summed E-state index contributed by atoms with van der Waals surface area (Å²) in [5, 5.41) is 5.82. The summed E-state index contributed by atoms with van der Waals surface area (Å²) < 4.78 is 19.5. The molecule has 1 fully saturated rings. The molecule has 0 saturated carbocycles. The Bertz CT molecular complexity index is 543. The third-order valence-corrected chi connectivity index (χ3v) is 3.52. The van der Waals surface area contributed by atoms with E-state index in [4.69, 9.17) is 4.74 Å². The van der Waals surface area contributed by atoms with E-state index in [-0.39, 0.29) is 11.9 Å². The third kappa shape index (κ3) is 4.42. The molecule has 1 aromatic carbocycles. The van der Waals surface area contributed by atoms with Crippen LogP contribution < -0.4 is 10.6 Å². The first-order valence-electron chi connectivity index (χ1n) is 7.47. The number of benzene rings is 1. The Hall–Kier alpha value is -1.66. The van der Waals surface area contributed by atoms with Crippen LogP contribution >= 0.6 is 0 Å². The van der Waals surface area contributed by atoms with Crippen LogP contribution in [0.3, 0.4) is 0 Å². The quantitative estimate of drug-likeness (QED) is 0.882. The van der Waals surface area contributed by atoms with Gasteiger partial charge in [0.05, 0.1) is 0 Å². The number of hydrogen-bond acceptors (Lipinski definition) is 4. The number of carbonyl (C=O) groups is 1. The lowest BCUT2D eigenvalue weighted by molar-refractivity contribution is 0.0636. The fourth-order valence-corrected chi connectivity index (χ4v) is 2.45. The summed E-state index contributed by atoms with van der Waals surface area (Å²) in [5.74, 6) is -0.325. The number of hydrogen-bond donors (Lipinski definition) is 2. The van der Waals surface area contributed by atoms with Crippen molar-refractivity contribution < 1.29 is 13.9 Å². The zero-order valence-electron chi connectivity index (χ0n) is 13.6. The van der Waals surface area contributed by atoms with Gasteiger partial charge in [0.25, 0.3) is 0 Å². The lowest BCUT2D eigenvalue weighted by Gasteiger charge is -2.33. The topological polar surface area (TPSA) is 53.6 Å². The maximum atomic E-state index is 14.3. The molecule has 0 radical (unpaired) electrons. The summed E-state index contributed by atoms with van der Waals surface area (Å²) in [5.41, 5.74) is 0.435. The van der Waals surface area contributed by atoms with Crippen molar-refractivity contribution in [3.8, 4) is 0 Å². The minimum absolute atomic E-state index is 0.00401. The lowest BCUT2D eigenvalue weighted by atomic mass is 10.0. The molecule has 1 aliphatic heterocycles. The van der Waals surface area contributed by atoms with Crippen LogP contribution in [-0.2, 0) is 4.74 Å². The molecule has 22 heavy (non-hydrogen) atoms. The van der Waals surface area contributed by atoms with E-state index in [1.807, 2.05) is 7.05 Å². The average molecular weight is 309 g/mol. The maximum Gasteiger partial charge on any atom is 0.412 e. The van der Waals surface area contributed by atoms with Crippen molar-refractivity contribution in [2.45, 2.75) is 32.4 Å². The van der Waals surface area contributed by atoms with Crippen LogP contribution in [0.4, 0.5) is 14.9 Å². The number of nitrogens with one attached hydrogen (secondary N) is 2. The first-order valence-corrected chi connectivity index (χ1v) is 7.47. The second-order valence-electron chi connectivity index (χ2n) is 6.56. The molecule has 122 valence electrons. The summed E-state index contributed by atoms with van der Waals surface area (Å²) in [6.07, 6.45) is -0.587. The van der Waals surface area contributed by atoms with Gasteiger partial charge < -0.3 is 10.1 Å². The molecule has 0 aliphatic carbocycles. The highest BCUT2D eigenvalue weighted by Gasteiger charge is 2.23. The number of likely N-dealkylation sites (N-methyl/N-ethyl adjacent to an activating group) is 1. The zero-order chi connectivity index (χ0) is 16.3. The summed E-state index contributed by atoms with van der Waals surface area (Å²) >= 11 is 0. The van der Waals surface area contributed by atoms with Crippen LogP contribution in [0.15, 0.2) is 18.2 Å². The fourth-order valence-electron chi connectivity index (χ4n) is 2.45. The van der Waals surface area contributed by atoms with Gasteiger partial charge in [0.15, 0.2) is 0 Å². The van der Waals surface area contributed by atoms with Crippen LogP contribution in [-0.4, -0.2) is 43.3 Å². The van der Waals surface area contributed by atoms with Crippen LogP contribution in [0.25, 0.3) is 0 Å². The minimum atomic E-state index is -0.587. The molecule has 0 aromatic heterocycles. The second-order valence-corrected chi connectivity index (χ2v) is 6.56. The summed E-state index contributed by atoms with van der Waals surface area (Å²) in [6.45, 7) is 7.84. The number of amides is 1. The van der Waals surface area contributed by atoms with E-state index in [0.717, 1.165) is 13.1 Å². The molecule has 2 N–H and O–H groups in total. The molecule has 1 heterocycles. The van der Waals surface area contributed by atoms with Crippen LogP contribution in [0.2, 0.25) is 0 Å². The van der Waals surface area contributed by atoms with Crippen molar-refractivity contribution in [1.29, 1.82) is 0 Å². The molecule has 1 aliphatic rings. The van der Waals surface area contributed by atoms with E-state index < -0.39 is 11.7 Å². The smallest absolute Gasteiger partial charge is 0.412 e. The standard InChI is InChI=1S/C16H24FN3O2/c1-16(2,3)22-15(21)19-11-5-6-12(13(17)9-11)14-10-18-7-8-20(14)4/h5-6,9,14,18H,7-8,10H2,1-4H3,(H,19,21). The molecule has 6 heteroatoms. The monoisotopic (exact) mass is 309 g/mol. The predicted octanol–water partition coefficient (Wildman–Crippen LogP) is 2.75. The largest absolute Gasteiger partial charge is 0.444 e. The Kier molecular flexibility index (Phi) is 5.03. The zero-order valence-corrected chi connectivity index (χ0v) is 13.6. The Morgan fingerprint density at radius 2 is 2.18 bits per heavy atom. The van der Waals surface area contributed by atoms with Crippen molar-refractivity contribution in [3.05, 3.63) is 29.6 Å². The summed E-state index contributed by atoms with van der Waals surface area (Å²) in [4.78, 5) is 13.8. The Labute approximate surface area is 130 Å². The molecule has 1 unspecified atom stereocenters. The first-order chi connectivity index (χ1) is 10.3. The highest BCUT2D eigenvalue weighted by Crippen LogP contribution is 2.25. The van der Waals surface area contributed by atoms with Gasteiger partial charge >= 0.3 is 6.09 Å². The lowest BCUT2D eigenvalue weighted by Crippen LogP contribution is -2.44. The third-order valence-electron chi connectivity index (χ3n) is 3.52. The summed E-state index contributed by atoms with van der Waals surface area (Å²) in [7, 11) is 1.98. The number of ether oxygens (including phenoxy) is 1. The summed E-state index contributed by atoms with van der Waals surface area (Å²) in [6, 6.07) is 4.76. The van der Waals surface area contributed by atoms with Gasteiger partial charge in [-0.1, -0.05) is 6.07 Å². The molecular weight excluding hydrogens is 285 g/mol. The Balaban J connectivity index is 2.08. The van der Waals surface area contributed by atoms with Crippen molar-refractivity contribution in [2.24, 2.45) is 0 Å². The van der Waals surface area contributed by atoms with E-state index in [0.29, 0.717) is 17.8 Å². The highest BCUT2D eigenvalue weighted by molar-refractivity contribution is 5.84. The van der Waals surface area contributed by atoms with Crippen LogP contribution in [0.5, 0.6) is 0 Å². The van der Waals surface area contributed by atoms with Gasteiger partial charge in [-0.2, -0.15) is 0 Å². The van der Waals surface area contributed by atoms with Gasteiger partial charge in [0.2, 0.25) is 0 Å². The van der Waals surface area contributed by atoms with Crippen molar-refractivity contribution in [3.63, 3.8) is 0 Å². The van der Waals surface area contributed by atoms with Gasteiger partial charge in [-0.15, -0.1) is 0 Å². The fraction of sp³-hybridized carbons (Fsp3) is 0.562. The maximum absolute atomic E-state index is 14.3. The number of rotatable bonds is 2. The molecule has 1 aromatic rings. The normalized spacial score (nSPS) is 19.8. The van der Waals surface area contributed by atoms with E-state index in [1.165, 1.54) is 6.07 Å². The van der Waals surface area contributed by atoms with E-state index in [9.17, 15) is 9.18 Å². The minimum Gasteiger partial charge on any atom is -0.444 e. The van der Waals surface area contributed by atoms with E-state index in [1.54, 1.807) is 32.9 Å². The molecule has 1 atom stereocenters. The Morgan fingerprint density at radius 3 is 2.77 bits per heavy atom. The molecule has 0 spiro atoms. The Morgan fingerprint density at radius 1 is 1.45 bits per heavy atom. The van der Waals surface area contributed by atoms with Crippen molar-refractivity contribution in [2.75, 3.05) is 32.0 Å². The van der Waals surface area contributed by atoms with Crippen LogP contribution in [0.1, 0.15) is 32.4 Å². The van der Waals surface area contributed by atoms with Gasteiger partial charge in [-0.3, -0.25) is 10.2 Å². The van der Waals surface area contributed by atoms with Gasteiger partial charge in [-0.25, -0.2) is 9.18 Å². The highest BCUT2D eigenvalue weighted by atomic mass is 19.1. The number of piperazine rings is 1. The number of nitrogens with zero attached hydrogens (tertiary/aromatic N) is 1. The molecule has 2 rings (SSSR count). The van der Waals surface area contributed by atoms with Gasteiger partial charge in [0.1, 0.15) is 11.4 Å². The van der Waals surface area contributed by atoms with E-state index >= 15 is 0 Å². The number of anilines is 1. The molecule has 1 amide bonds. The predicted molar refractivity (Wildman–Crippen MR) is 84.5 cm³/mol. The van der Waals surface area contributed by atoms with Crippen molar-refractivity contribution >= 4 is 11.8 Å². The molecule has 1 saturated heterocycles. The number of halogens is 1. The number of carbonyl (C=O) groups excluding carboxylic acids is 1. The average Bonchev–Trinajstić information content (AvgIpc) is 2.38. The SMILES string of the molecule is CN1CCNCC1c1ccc(NC(=O)OC(C)(C)C)cc1F. The molecule has 5 nitrogen and oxygen atoms in total. The molecule has 0 bridgehead atoms. The van der Waals surface area contributed by atoms with E-state index in [2.05, 4.69) is 15.5 Å². The van der Waals surface area contributed by atoms with Crippen molar-refractivity contribution in [1.82, 2.24) is 10.2 Å². The van der Waals surface area contributed by atoms with Gasteiger partial charge in [0, 0.05) is 36.9 Å². The molecular formula is C16H24FN3O2. The first kappa shape index (κ1) is 16.7. The second kappa shape index (κ2) is 6.62. The van der Waals surface area contributed by atoms with Crippen LogP contribution in [0, 0.1) is 5.82 Å².